The summed E-state index contributed by atoms with van der Waals surface area (Å²) < 4.78 is 4.69. The number of ether oxygens (including phenoxy) is 1. The van der Waals surface area contributed by atoms with Crippen LogP contribution in [0.4, 0.5) is 4.79 Å². The molecule has 0 aliphatic carbocycles. The number of aromatic nitrogens is 1. The summed E-state index contributed by atoms with van der Waals surface area (Å²) in [6.45, 7) is 4.20. The number of amides is 2. The van der Waals surface area contributed by atoms with Crippen molar-refractivity contribution in [3.8, 4) is 0 Å². The molecule has 1 aromatic heterocycles. The van der Waals surface area contributed by atoms with Crippen molar-refractivity contribution in [2.45, 2.75) is 0 Å². The van der Waals surface area contributed by atoms with Gasteiger partial charge in [-0.15, -0.1) is 0 Å². The first-order valence-corrected chi connectivity index (χ1v) is 5.44. The van der Waals surface area contributed by atoms with Crippen molar-refractivity contribution in [3.05, 3.63) is 42.7 Å². The summed E-state index contributed by atoms with van der Waals surface area (Å²) in [6.07, 6.45) is 4.03. The molecule has 1 heterocycles. The number of alkyl carbamates (subject to hydrolysis) is 1. The molecule has 1 aromatic rings. The summed E-state index contributed by atoms with van der Waals surface area (Å²) in [7, 11) is 0. The van der Waals surface area contributed by atoms with Crippen LogP contribution in [0, 0.1) is 0 Å². The van der Waals surface area contributed by atoms with E-state index in [9.17, 15) is 9.59 Å². The van der Waals surface area contributed by atoms with Crippen LogP contribution in [0.15, 0.2) is 37.2 Å². The van der Waals surface area contributed by atoms with Gasteiger partial charge in [0.2, 0.25) is 0 Å². The highest BCUT2D eigenvalue weighted by Crippen LogP contribution is 1.94. The van der Waals surface area contributed by atoms with Crippen LogP contribution in [0.2, 0.25) is 0 Å². The normalized spacial score (nSPS) is 9.33. The fraction of sp³-hybridized carbons (Fsp3) is 0.250. The van der Waals surface area contributed by atoms with Crippen LogP contribution >= 0.6 is 0 Å². The second-order valence-corrected chi connectivity index (χ2v) is 3.31. The number of hydrogen-bond donors (Lipinski definition) is 2. The number of nitrogens with one attached hydrogen (secondary N) is 2. The van der Waals surface area contributed by atoms with E-state index >= 15 is 0 Å². The Morgan fingerprint density at radius 1 is 1.28 bits per heavy atom. The monoisotopic (exact) mass is 249 g/mol. The molecule has 0 aliphatic rings. The number of carbonyl (C=O) groups is 2. The minimum absolute atomic E-state index is 0.162. The lowest BCUT2D eigenvalue weighted by atomic mass is 10.2. The molecule has 6 heteroatoms. The summed E-state index contributed by atoms with van der Waals surface area (Å²) in [5.41, 5.74) is 0.527. The standard InChI is InChI=1S/C12H15N3O3/c1-2-9-18-12(17)15-8-7-14-11(16)10-3-5-13-6-4-10/h2-6H,1,7-9H2,(H,14,16)(H,15,17). The molecule has 96 valence electrons. The Labute approximate surface area is 105 Å². The lowest BCUT2D eigenvalue weighted by Gasteiger charge is -2.06. The molecule has 2 N–H and O–H groups in total. The largest absolute Gasteiger partial charge is 0.445 e. The van der Waals surface area contributed by atoms with Crippen LogP contribution in [0.5, 0.6) is 0 Å². The zero-order chi connectivity index (χ0) is 13.2. The number of carbonyl (C=O) groups excluding carboxylic acids is 2. The van der Waals surface area contributed by atoms with Gasteiger partial charge in [-0.2, -0.15) is 0 Å². The highest BCUT2D eigenvalue weighted by Gasteiger charge is 2.04. The first kappa shape index (κ1) is 13.7. The quantitative estimate of drug-likeness (QED) is 0.575. The summed E-state index contributed by atoms with van der Waals surface area (Å²) >= 11 is 0. The molecule has 0 unspecified atom stereocenters. The minimum atomic E-state index is -0.534. The van der Waals surface area contributed by atoms with Crippen LogP contribution in [0.1, 0.15) is 10.4 Å². The molecule has 0 aromatic carbocycles. The molecule has 0 fully saturated rings. The smallest absolute Gasteiger partial charge is 0.407 e. The van der Waals surface area contributed by atoms with E-state index in [1.807, 2.05) is 0 Å². The van der Waals surface area contributed by atoms with E-state index in [0.29, 0.717) is 18.7 Å². The van der Waals surface area contributed by atoms with Crippen LogP contribution in [0.25, 0.3) is 0 Å². The molecule has 0 aliphatic heterocycles. The Hall–Kier alpha value is -2.37. The highest BCUT2D eigenvalue weighted by atomic mass is 16.5. The van der Waals surface area contributed by atoms with E-state index in [-0.39, 0.29) is 12.5 Å². The molecule has 2 amide bonds. The number of rotatable bonds is 6. The maximum absolute atomic E-state index is 11.6. The van der Waals surface area contributed by atoms with Gasteiger partial charge in [0.1, 0.15) is 6.61 Å². The average Bonchev–Trinajstić information content (AvgIpc) is 2.42. The van der Waals surface area contributed by atoms with Crippen molar-refractivity contribution in [2.75, 3.05) is 19.7 Å². The predicted molar refractivity (Wildman–Crippen MR) is 66.1 cm³/mol. The third-order valence-corrected chi connectivity index (χ3v) is 1.95. The summed E-state index contributed by atoms with van der Waals surface area (Å²) in [5, 5.41) is 5.14. The average molecular weight is 249 g/mol. The predicted octanol–water partition coefficient (Wildman–Crippen LogP) is 0.724. The van der Waals surface area contributed by atoms with E-state index in [2.05, 4.69) is 22.2 Å². The first-order valence-electron chi connectivity index (χ1n) is 5.44. The second-order valence-electron chi connectivity index (χ2n) is 3.31. The van der Waals surface area contributed by atoms with Gasteiger partial charge in [-0.3, -0.25) is 9.78 Å². The Morgan fingerprint density at radius 2 is 1.94 bits per heavy atom. The number of nitrogens with zero attached hydrogens (tertiary/aromatic N) is 1. The molecular weight excluding hydrogens is 234 g/mol. The van der Waals surface area contributed by atoms with Crippen molar-refractivity contribution in [1.29, 1.82) is 0 Å². The molecule has 0 atom stereocenters. The fourth-order valence-electron chi connectivity index (χ4n) is 1.13. The van der Waals surface area contributed by atoms with E-state index < -0.39 is 6.09 Å². The van der Waals surface area contributed by atoms with E-state index in [1.165, 1.54) is 6.08 Å². The van der Waals surface area contributed by atoms with E-state index in [0.717, 1.165) is 0 Å². The highest BCUT2D eigenvalue weighted by molar-refractivity contribution is 5.93. The zero-order valence-electron chi connectivity index (χ0n) is 9.89. The van der Waals surface area contributed by atoms with E-state index in [4.69, 9.17) is 4.74 Å². The summed E-state index contributed by atoms with van der Waals surface area (Å²) in [6, 6.07) is 3.22. The fourth-order valence-corrected chi connectivity index (χ4v) is 1.13. The number of pyridine rings is 1. The van der Waals surface area contributed by atoms with Crippen molar-refractivity contribution in [2.24, 2.45) is 0 Å². The second kappa shape index (κ2) is 7.83. The molecule has 6 nitrogen and oxygen atoms in total. The number of hydrogen-bond acceptors (Lipinski definition) is 4. The van der Waals surface area contributed by atoms with Gasteiger partial charge in [-0.25, -0.2) is 4.79 Å². The summed E-state index contributed by atoms with van der Waals surface area (Å²) in [5.74, 6) is -0.210. The minimum Gasteiger partial charge on any atom is -0.445 e. The van der Waals surface area contributed by atoms with Gasteiger partial charge in [0.05, 0.1) is 0 Å². The molecule has 1 rings (SSSR count). The zero-order valence-corrected chi connectivity index (χ0v) is 9.89. The molecule has 0 bridgehead atoms. The Kier molecular flexibility index (Phi) is 5.96. The van der Waals surface area contributed by atoms with Crippen LogP contribution in [0.3, 0.4) is 0 Å². The van der Waals surface area contributed by atoms with Crippen LogP contribution in [-0.2, 0) is 4.74 Å². The van der Waals surface area contributed by atoms with E-state index in [1.54, 1.807) is 24.5 Å². The van der Waals surface area contributed by atoms with Crippen molar-refractivity contribution in [3.63, 3.8) is 0 Å². The van der Waals surface area contributed by atoms with Crippen LogP contribution in [-0.4, -0.2) is 36.7 Å². The third-order valence-electron chi connectivity index (χ3n) is 1.95. The van der Waals surface area contributed by atoms with Gasteiger partial charge in [-0.05, 0) is 12.1 Å². The lowest BCUT2D eigenvalue weighted by molar-refractivity contribution is 0.0952. The van der Waals surface area contributed by atoms with Crippen molar-refractivity contribution in [1.82, 2.24) is 15.6 Å². The van der Waals surface area contributed by atoms with Crippen LogP contribution < -0.4 is 10.6 Å². The Bertz CT molecular complexity index is 406. The molecule has 18 heavy (non-hydrogen) atoms. The SMILES string of the molecule is C=CCOC(=O)NCCNC(=O)c1ccncc1. The van der Waals surface area contributed by atoms with Crippen molar-refractivity contribution >= 4 is 12.0 Å². The Morgan fingerprint density at radius 3 is 2.61 bits per heavy atom. The maximum Gasteiger partial charge on any atom is 0.407 e. The molecule has 0 saturated heterocycles. The summed E-state index contributed by atoms with van der Waals surface area (Å²) in [4.78, 5) is 26.4. The topological polar surface area (TPSA) is 80.3 Å². The van der Waals surface area contributed by atoms with Gasteiger partial charge in [-0.1, -0.05) is 12.7 Å². The van der Waals surface area contributed by atoms with Gasteiger partial charge >= 0.3 is 6.09 Å². The molecular formula is C12H15N3O3. The molecule has 0 radical (unpaired) electrons. The molecule has 0 saturated carbocycles. The van der Waals surface area contributed by atoms with Gasteiger partial charge in [0, 0.05) is 31.0 Å². The maximum atomic E-state index is 11.6. The Balaban J connectivity index is 2.17. The van der Waals surface area contributed by atoms with Gasteiger partial charge in [0.25, 0.3) is 5.91 Å². The first-order chi connectivity index (χ1) is 8.74. The lowest BCUT2D eigenvalue weighted by Crippen LogP contribution is -2.35. The third kappa shape index (κ3) is 5.11. The van der Waals surface area contributed by atoms with Gasteiger partial charge in [0.15, 0.2) is 0 Å². The van der Waals surface area contributed by atoms with Gasteiger partial charge < -0.3 is 15.4 Å². The molecule has 0 spiro atoms. The van der Waals surface area contributed by atoms with Crippen molar-refractivity contribution < 1.29 is 14.3 Å².